The van der Waals surface area contributed by atoms with Crippen molar-refractivity contribution < 1.29 is 0 Å². The third kappa shape index (κ3) is 5.93. The molecular formula is C63H41N3S. The van der Waals surface area contributed by atoms with Gasteiger partial charge in [0.05, 0.1) is 10.8 Å². The summed E-state index contributed by atoms with van der Waals surface area (Å²) in [6, 6.07) is 90.7. The van der Waals surface area contributed by atoms with Gasteiger partial charge in [-0.2, -0.15) is 0 Å². The van der Waals surface area contributed by atoms with Crippen LogP contribution in [0.3, 0.4) is 0 Å². The number of aromatic nitrogens is 3. The molecule has 2 aromatic heterocycles. The fourth-order valence-electron chi connectivity index (χ4n) is 11.3. The van der Waals surface area contributed by atoms with E-state index in [-0.39, 0.29) is 0 Å². The van der Waals surface area contributed by atoms with Crippen LogP contribution in [-0.4, -0.2) is 15.0 Å². The molecule has 0 N–H and O–H groups in total. The van der Waals surface area contributed by atoms with E-state index in [1.165, 1.54) is 59.1 Å². The minimum atomic E-state index is -0.753. The van der Waals surface area contributed by atoms with Crippen LogP contribution in [0.4, 0.5) is 0 Å². The van der Waals surface area contributed by atoms with Crippen molar-refractivity contribution in [1.82, 2.24) is 15.0 Å². The van der Waals surface area contributed by atoms with Crippen LogP contribution in [0.15, 0.2) is 249 Å². The number of fused-ring (bicyclic) bond motifs is 7. The first-order chi connectivity index (χ1) is 33.2. The Kier molecular flexibility index (Phi) is 9.16. The fraction of sp³-hybridized carbons (Fsp3) is 0.0317. The number of hydrogen-bond donors (Lipinski definition) is 0. The lowest BCUT2D eigenvalue weighted by atomic mass is 9.43. The van der Waals surface area contributed by atoms with Crippen LogP contribution in [0.5, 0.6) is 0 Å². The molecule has 67 heavy (non-hydrogen) atoms. The van der Waals surface area contributed by atoms with E-state index >= 15 is 0 Å². The van der Waals surface area contributed by atoms with Gasteiger partial charge in [-0.05, 0) is 79.5 Å². The molecule has 13 rings (SSSR count). The van der Waals surface area contributed by atoms with Gasteiger partial charge < -0.3 is 0 Å². The summed E-state index contributed by atoms with van der Waals surface area (Å²) in [5, 5.41) is 4.68. The molecule has 0 saturated heterocycles. The molecule has 0 unspecified atom stereocenters. The quantitative estimate of drug-likeness (QED) is 0.160. The molecule has 0 aliphatic heterocycles. The van der Waals surface area contributed by atoms with Crippen molar-refractivity contribution in [2.24, 2.45) is 0 Å². The maximum atomic E-state index is 5.46. The molecule has 3 nitrogen and oxygen atoms in total. The van der Waals surface area contributed by atoms with E-state index in [1.54, 1.807) is 11.3 Å². The molecule has 0 atom stereocenters. The predicted molar refractivity (Wildman–Crippen MR) is 277 cm³/mol. The largest absolute Gasteiger partial charge is 0.208 e. The van der Waals surface area contributed by atoms with Crippen molar-refractivity contribution in [3.8, 4) is 45.3 Å². The van der Waals surface area contributed by atoms with Crippen molar-refractivity contribution >= 4 is 42.3 Å². The van der Waals surface area contributed by atoms with Crippen molar-refractivity contribution in [3.05, 3.63) is 282 Å². The average molecular weight is 872 g/mol. The maximum Gasteiger partial charge on any atom is 0.164 e. The zero-order chi connectivity index (χ0) is 44.4. The summed E-state index contributed by atoms with van der Waals surface area (Å²) in [7, 11) is 0. The number of thiophene rings is 1. The van der Waals surface area contributed by atoms with E-state index in [1.807, 2.05) is 0 Å². The molecule has 0 amide bonds. The zero-order valence-electron chi connectivity index (χ0n) is 36.4. The highest BCUT2D eigenvalue weighted by Crippen LogP contribution is 2.65. The van der Waals surface area contributed by atoms with Crippen LogP contribution in [0.1, 0.15) is 33.4 Å². The molecule has 2 heterocycles. The molecule has 1 aliphatic carbocycles. The van der Waals surface area contributed by atoms with E-state index < -0.39 is 10.8 Å². The standard InChI is InChI=1S/C63H41N3S/c1-5-22-46(23-6-1)62(47-24-7-2-8-25-47)54-33-17-15-30-50(54)53-41-45(38-39-55(53)63(62,48-26-9-3-10-27-48)49-28-11-4-12-29-49)60-64-59(44-37-36-42-20-13-14-21-43(42)40-44)65-61(66-60)52-32-19-35-57-58(52)51-31-16-18-34-56(51)67-57/h1-41H. The monoisotopic (exact) mass is 871 g/mol. The van der Waals surface area contributed by atoms with E-state index in [2.05, 4.69) is 249 Å². The Bertz CT molecular complexity index is 3730. The summed E-state index contributed by atoms with van der Waals surface area (Å²) < 4.78 is 2.45. The molecule has 1 aliphatic rings. The van der Waals surface area contributed by atoms with Gasteiger partial charge >= 0.3 is 0 Å². The molecule has 0 spiro atoms. The Balaban J connectivity index is 1.13. The topological polar surface area (TPSA) is 38.7 Å². The van der Waals surface area contributed by atoms with Crippen LogP contribution >= 0.6 is 11.3 Å². The minimum Gasteiger partial charge on any atom is -0.208 e. The van der Waals surface area contributed by atoms with Gasteiger partial charge in [0.2, 0.25) is 0 Å². The van der Waals surface area contributed by atoms with E-state index in [9.17, 15) is 0 Å². The van der Waals surface area contributed by atoms with Crippen molar-refractivity contribution in [2.45, 2.75) is 10.8 Å². The highest BCUT2D eigenvalue weighted by atomic mass is 32.1. The van der Waals surface area contributed by atoms with Crippen molar-refractivity contribution in [2.75, 3.05) is 0 Å². The lowest BCUT2D eigenvalue weighted by Crippen LogP contribution is -2.54. The summed E-state index contributed by atoms with van der Waals surface area (Å²) in [6.45, 7) is 0. The van der Waals surface area contributed by atoms with Crippen molar-refractivity contribution in [1.29, 1.82) is 0 Å². The number of nitrogens with zero attached hydrogens (tertiary/aromatic N) is 3. The Morgan fingerprint density at radius 2 is 0.761 bits per heavy atom. The van der Waals surface area contributed by atoms with Gasteiger partial charge in [-0.25, -0.2) is 15.0 Å². The summed E-state index contributed by atoms with van der Waals surface area (Å²) in [6.07, 6.45) is 0. The molecule has 12 aromatic rings. The predicted octanol–water partition coefficient (Wildman–Crippen LogP) is 15.7. The second kappa shape index (κ2) is 15.7. The third-order valence-corrected chi connectivity index (χ3v) is 15.1. The molecule has 4 heteroatoms. The third-order valence-electron chi connectivity index (χ3n) is 14.0. The first kappa shape index (κ1) is 39.1. The molecule has 0 bridgehead atoms. The molecular weight excluding hydrogens is 831 g/mol. The Morgan fingerprint density at radius 3 is 1.40 bits per heavy atom. The van der Waals surface area contributed by atoms with Crippen LogP contribution in [0.25, 0.3) is 76.2 Å². The highest BCUT2D eigenvalue weighted by Gasteiger charge is 2.61. The second-order valence-electron chi connectivity index (χ2n) is 17.4. The van der Waals surface area contributed by atoms with E-state index in [0.29, 0.717) is 17.5 Å². The Hall–Kier alpha value is -8.31. The average Bonchev–Trinajstić information content (AvgIpc) is 3.80. The fourth-order valence-corrected chi connectivity index (χ4v) is 12.4. The normalized spacial score (nSPS) is 13.6. The van der Waals surface area contributed by atoms with Gasteiger partial charge in [0.1, 0.15) is 0 Å². The Labute approximate surface area is 393 Å². The number of hydrogen-bond acceptors (Lipinski definition) is 4. The smallest absolute Gasteiger partial charge is 0.164 e. The lowest BCUT2D eigenvalue weighted by Gasteiger charge is -2.57. The SMILES string of the molecule is c1ccc(C2(c3ccccc3)c3ccccc3-c3cc(-c4nc(-c5ccc6ccccc6c5)nc(-c5cccc6sc7ccccc7c56)n4)ccc3C2(c2ccccc2)c2ccccc2)cc1. The summed E-state index contributed by atoms with van der Waals surface area (Å²) >= 11 is 1.80. The molecule has 0 saturated carbocycles. The van der Waals surface area contributed by atoms with Gasteiger partial charge in [-0.3, -0.25) is 0 Å². The van der Waals surface area contributed by atoms with E-state index in [0.717, 1.165) is 33.0 Å². The van der Waals surface area contributed by atoms with Crippen LogP contribution in [0.2, 0.25) is 0 Å². The van der Waals surface area contributed by atoms with Gasteiger partial charge in [0.25, 0.3) is 0 Å². The number of rotatable bonds is 7. The van der Waals surface area contributed by atoms with Gasteiger partial charge in [-0.15, -0.1) is 11.3 Å². The van der Waals surface area contributed by atoms with E-state index in [4.69, 9.17) is 15.0 Å². The molecule has 0 fully saturated rings. The van der Waals surface area contributed by atoms with Crippen molar-refractivity contribution in [3.63, 3.8) is 0 Å². The summed E-state index contributed by atoms with van der Waals surface area (Å²) in [5.74, 6) is 1.91. The lowest BCUT2D eigenvalue weighted by molar-refractivity contribution is 0.415. The minimum absolute atomic E-state index is 0.623. The summed E-state index contributed by atoms with van der Waals surface area (Å²) in [4.78, 5) is 16.2. The van der Waals surface area contributed by atoms with Crippen LogP contribution < -0.4 is 0 Å². The molecule has 0 radical (unpaired) electrons. The first-order valence-electron chi connectivity index (χ1n) is 22.8. The number of benzene rings is 10. The maximum absolute atomic E-state index is 5.46. The first-order valence-corrected chi connectivity index (χ1v) is 23.7. The highest BCUT2D eigenvalue weighted by molar-refractivity contribution is 7.25. The van der Waals surface area contributed by atoms with Crippen LogP contribution in [0, 0.1) is 0 Å². The molecule has 314 valence electrons. The van der Waals surface area contributed by atoms with Gasteiger partial charge in [0.15, 0.2) is 17.5 Å². The molecule has 10 aromatic carbocycles. The van der Waals surface area contributed by atoms with Gasteiger partial charge in [0, 0.05) is 36.9 Å². The van der Waals surface area contributed by atoms with Gasteiger partial charge in [-0.1, -0.05) is 224 Å². The summed E-state index contributed by atoms with van der Waals surface area (Å²) in [5.41, 5.74) is 11.0. The van der Waals surface area contributed by atoms with Crippen LogP contribution in [-0.2, 0) is 10.8 Å². The second-order valence-corrected chi connectivity index (χ2v) is 18.5. The Morgan fingerprint density at radius 1 is 0.299 bits per heavy atom. The zero-order valence-corrected chi connectivity index (χ0v) is 37.2.